The predicted octanol–water partition coefficient (Wildman–Crippen LogP) is 15.2. The van der Waals surface area contributed by atoms with Crippen molar-refractivity contribution in [1.82, 2.24) is 9.97 Å². The molecule has 2 aliphatic heterocycles. The molecule has 9 aliphatic carbocycles. The number of benzene rings is 4. The van der Waals surface area contributed by atoms with Crippen molar-refractivity contribution in [3.63, 3.8) is 0 Å². The van der Waals surface area contributed by atoms with Crippen LogP contribution in [0.15, 0.2) is 72.8 Å². The van der Waals surface area contributed by atoms with Crippen LogP contribution in [0.2, 0.25) is 0 Å². The van der Waals surface area contributed by atoms with Crippen LogP contribution in [0.4, 0.5) is 34.4 Å². The number of fused-ring (bicyclic) bond motifs is 8. The standard InChI is InChI=1S/C66H77BN4S/c1-60(2,3)36-15-18-38(19-16-36)71-55-43-26-37(61(4,5)6)17-22-53(43)72-56(55)67-51-28-49-50(65(13,14)34-64(49,11)12)29-52(51)70(39-20-21-47-48(27-39)63(9,10)33-62(47,7)8)57-54(67)58(71)69-59(68-57)66-30-44-40-23-35-24-41(44)46(32-66)42(25-35)45(40)31-66/h15-22,26-29,35,40-42,44-46H,23-25,30-34H2,1-14H3. The zero-order valence-electron chi connectivity index (χ0n) is 45.9. The van der Waals surface area contributed by atoms with Crippen molar-refractivity contribution in [2.75, 3.05) is 9.80 Å². The highest BCUT2D eigenvalue weighted by atomic mass is 32.1. The lowest BCUT2D eigenvalue weighted by Gasteiger charge is -2.72. The highest BCUT2D eigenvalue weighted by Crippen LogP contribution is 2.74. The lowest BCUT2D eigenvalue weighted by atomic mass is 9.33. The maximum atomic E-state index is 6.34. The molecule has 0 N–H and O–H groups in total. The van der Waals surface area contributed by atoms with Gasteiger partial charge in [-0.1, -0.05) is 127 Å². The summed E-state index contributed by atoms with van der Waals surface area (Å²) in [6.45, 7) is 34.0. The smallest absolute Gasteiger partial charge is 0.268 e. The molecule has 8 bridgehead atoms. The van der Waals surface area contributed by atoms with Gasteiger partial charge in [0, 0.05) is 42.8 Å². The van der Waals surface area contributed by atoms with Crippen molar-refractivity contribution < 1.29 is 0 Å². The summed E-state index contributed by atoms with van der Waals surface area (Å²) in [6.07, 6.45) is 10.5. The summed E-state index contributed by atoms with van der Waals surface area (Å²) in [6, 6.07) is 30.0. The molecule has 72 heavy (non-hydrogen) atoms. The second-order valence-corrected chi connectivity index (χ2v) is 31.4. The van der Waals surface area contributed by atoms with Crippen LogP contribution in [-0.4, -0.2) is 16.7 Å². The maximum Gasteiger partial charge on any atom is 0.268 e. The molecule has 0 amide bonds. The highest BCUT2D eigenvalue weighted by Gasteiger charge is 2.68. The van der Waals surface area contributed by atoms with Crippen LogP contribution in [0.25, 0.3) is 10.1 Å². The maximum absolute atomic E-state index is 6.34. The molecule has 4 nitrogen and oxygen atoms in total. The van der Waals surface area contributed by atoms with Gasteiger partial charge in [-0.15, -0.1) is 11.3 Å². The van der Waals surface area contributed by atoms with Crippen molar-refractivity contribution in [2.24, 2.45) is 41.4 Å². The molecular weight excluding hydrogens is 892 g/mol. The fourth-order valence-electron chi connectivity index (χ4n) is 19.3. The third-order valence-electron chi connectivity index (χ3n) is 21.8. The summed E-state index contributed by atoms with van der Waals surface area (Å²) in [5.41, 5.74) is 16.9. The Bertz CT molecular complexity index is 3310. The van der Waals surface area contributed by atoms with Gasteiger partial charge in [0.05, 0.1) is 5.69 Å². The average molecular weight is 969 g/mol. The Labute approximate surface area is 435 Å². The van der Waals surface area contributed by atoms with Crippen molar-refractivity contribution >= 4 is 78.2 Å². The van der Waals surface area contributed by atoms with Gasteiger partial charge in [0.2, 0.25) is 0 Å². The predicted molar refractivity (Wildman–Crippen MR) is 304 cm³/mol. The number of hydrogen-bond donors (Lipinski definition) is 0. The van der Waals surface area contributed by atoms with Crippen molar-refractivity contribution in [2.45, 2.75) is 186 Å². The minimum Gasteiger partial charge on any atom is -0.296 e. The van der Waals surface area contributed by atoms with E-state index < -0.39 is 0 Å². The first-order chi connectivity index (χ1) is 33.8. The fraction of sp³-hybridized carbons (Fsp3) is 0.545. The Morgan fingerprint density at radius 2 is 1.06 bits per heavy atom. The molecule has 7 fully saturated rings. The van der Waals surface area contributed by atoms with Gasteiger partial charge in [0.25, 0.3) is 6.71 Å². The number of aromatic nitrogens is 2. The largest absolute Gasteiger partial charge is 0.296 e. The van der Waals surface area contributed by atoms with E-state index in [0.29, 0.717) is 0 Å². The second kappa shape index (κ2) is 13.7. The second-order valence-electron chi connectivity index (χ2n) is 30.3. The summed E-state index contributed by atoms with van der Waals surface area (Å²) in [4.78, 5) is 18.0. The minimum absolute atomic E-state index is 0.00502. The van der Waals surface area contributed by atoms with E-state index in [9.17, 15) is 0 Å². The summed E-state index contributed by atoms with van der Waals surface area (Å²) in [5.74, 6) is 9.64. The summed E-state index contributed by atoms with van der Waals surface area (Å²) in [5, 5.41) is 1.35. The van der Waals surface area contributed by atoms with Gasteiger partial charge in [-0.25, -0.2) is 9.97 Å². The average Bonchev–Trinajstić information content (AvgIpc) is 3.85. The number of anilines is 6. The first-order valence-corrected chi connectivity index (χ1v) is 29.2. The summed E-state index contributed by atoms with van der Waals surface area (Å²) in [7, 11) is 0. The van der Waals surface area contributed by atoms with E-state index in [4.69, 9.17) is 9.97 Å². The molecule has 17 rings (SSSR count). The molecule has 11 aliphatic rings. The fourth-order valence-corrected chi connectivity index (χ4v) is 20.6. The van der Waals surface area contributed by atoms with Gasteiger partial charge in [-0.3, -0.25) is 9.80 Å². The molecule has 2 aromatic heterocycles. The van der Waals surface area contributed by atoms with Crippen LogP contribution >= 0.6 is 11.3 Å². The molecule has 4 aromatic carbocycles. The topological polar surface area (TPSA) is 32.3 Å². The first-order valence-electron chi connectivity index (χ1n) is 28.4. The zero-order valence-corrected chi connectivity index (χ0v) is 46.7. The summed E-state index contributed by atoms with van der Waals surface area (Å²) >= 11 is 2.02. The normalized spacial score (nSPS) is 30.8. The van der Waals surface area contributed by atoms with Crippen molar-refractivity contribution in [3.8, 4) is 0 Å². The van der Waals surface area contributed by atoms with Gasteiger partial charge in [-0.05, 0) is 207 Å². The number of hydrogen-bond acceptors (Lipinski definition) is 5. The van der Waals surface area contributed by atoms with Crippen LogP contribution < -0.4 is 25.5 Å². The molecule has 0 spiro atoms. The van der Waals surface area contributed by atoms with Gasteiger partial charge >= 0.3 is 0 Å². The van der Waals surface area contributed by atoms with Crippen LogP contribution in [0.3, 0.4) is 0 Å². The molecule has 6 heteroatoms. The van der Waals surface area contributed by atoms with E-state index >= 15 is 0 Å². The lowest BCUT2D eigenvalue weighted by molar-refractivity contribution is -0.213. The molecule has 370 valence electrons. The van der Waals surface area contributed by atoms with Gasteiger partial charge in [0.1, 0.15) is 17.5 Å². The molecule has 4 heterocycles. The molecule has 0 atom stereocenters. The Morgan fingerprint density at radius 3 is 1.64 bits per heavy atom. The Kier molecular flexibility index (Phi) is 8.57. The van der Waals surface area contributed by atoms with E-state index in [-0.39, 0.29) is 44.6 Å². The number of thiophene rings is 1. The van der Waals surface area contributed by atoms with E-state index in [1.54, 1.807) is 0 Å². The van der Waals surface area contributed by atoms with E-state index in [0.717, 1.165) is 71.7 Å². The number of rotatable bonds is 3. The van der Waals surface area contributed by atoms with E-state index in [1.807, 2.05) is 11.3 Å². The third-order valence-corrected chi connectivity index (χ3v) is 23.0. The summed E-state index contributed by atoms with van der Waals surface area (Å²) < 4.78 is 2.78. The SMILES string of the molecule is CC(C)(C)c1ccc(N2c3nc(C45CC6C7CC8CC6C(C4)C(C8)C7C5)nc4c3B(c3cc5c(cc3N4c3ccc4c(c3)C(C)(C)CC4(C)C)C(C)(C)CC5(C)C)c3sc4ccc(C(C)(C)C)cc4c32)cc1. The van der Waals surface area contributed by atoms with E-state index in [2.05, 4.69) is 180 Å². The van der Waals surface area contributed by atoms with Crippen molar-refractivity contribution in [3.05, 3.63) is 112 Å². The van der Waals surface area contributed by atoms with Crippen LogP contribution in [0.1, 0.15) is 188 Å². The Hall–Kier alpha value is -4.42. The molecule has 0 unspecified atom stereocenters. The van der Waals surface area contributed by atoms with Crippen LogP contribution in [-0.2, 0) is 37.9 Å². The van der Waals surface area contributed by atoms with Crippen molar-refractivity contribution in [1.29, 1.82) is 0 Å². The third kappa shape index (κ3) is 5.83. The molecule has 7 saturated carbocycles. The Balaban J connectivity index is 1.06. The minimum atomic E-state index is -0.0110. The first kappa shape index (κ1) is 45.0. The molecule has 0 radical (unpaired) electrons. The van der Waals surface area contributed by atoms with Crippen LogP contribution in [0, 0.1) is 41.4 Å². The van der Waals surface area contributed by atoms with Gasteiger partial charge in [-0.2, -0.15) is 0 Å². The molecule has 0 saturated heterocycles. The molecule has 6 aromatic rings. The van der Waals surface area contributed by atoms with Gasteiger partial charge in [0.15, 0.2) is 0 Å². The number of nitrogens with zero attached hydrogens (tertiary/aromatic N) is 4. The highest BCUT2D eigenvalue weighted by molar-refractivity contribution is 7.33. The van der Waals surface area contributed by atoms with E-state index in [1.165, 1.54) is 120 Å². The monoisotopic (exact) mass is 969 g/mol. The quantitative estimate of drug-likeness (QED) is 0.165. The van der Waals surface area contributed by atoms with Gasteiger partial charge < -0.3 is 0 Å². The Morgan fingerprint density at radius 1 is 0.542 bits per heavy atom. The zero-order chi connectivity index (χ0) is 49.9. The lowest BCUT2D eigenvalue weighted by Crippen LogP contribution is -2.67. The molecular formula is C66H77BN4S. The van der Waals surface area contributed by atoms with Crippen LogP contribution in [0.5, 0.6) is 0 Å².